The van der Waals surface area contributed by atoms with Crippen molar-refractivity contribution in [3.63, 3.8) is 0 Å². The monoisotopic (exact) mass is 378 g/mol. The quantitative estimate of drug-likeness (QED) is 0.294. The summed E-state index contributed by atoms with van der Waals surface area (Å²) in [6.45, 7) is 2.02. The number of benzene rings is 2. The van der Waals surface area contributed by atoms with Gasteiger partial charge in [-0.3, -0.25) is 10.1 Å². The second-order valence-electron chi connectivity index (χ2n) is 5.89. The molecular weight excluding hydrogens is 364 g/mol. The topological polar surface area (TPSA) is 101 Å². The number of phenolic OH excluding ortho intramolecular Hbond substituents is 1. The number of thiophene rings is 1. The van der Waals surface area contributed by atoms with E-state index in [1.165, 1.54) is 24.5 Å². The Morgan fingerprint density at radius 1 is 1.15 bits per heavy atom. The number of nitro benzene ring substituents is 1. The molecule has 0 amide bonds. The van der Waals surface area contributed by atoms with Gasteiger partial charge in [0.15, 0.2) is 0 Å². The Bertz CT molecular complexity index is 1160. The van der Waals surface area contributed by atoms with E-state index in [1.807, 2.05) is 37.3 Å². The Hall–Kier alpha value is -3.52. The highest BCUT2D eigenvalue weighted by molar-refractivity contribution is 7.19. The molecule has 0 atom stereocenters. The molecule has 4 rings (SSSR count). The second-order valence-corrected chi connectivity index (χ2v) is 7.09. The summed E-state index contributed by atoms with van der Waals surface area (Å²) >= 11 is 1.55. The average Bonchev–Trinajstić information content (AvgIpc) is 3.01. The number of nitro groups is 1. The van der Waals surface area contributed by atoms with Gasteiger partial charge < -0.3 is 10.4 Å². The number of fused-ring (bicyclic) bond motifs is 1. The maximum atomic E-state index is 11.0. The maximum absolute atomic E-state index is 11.0. The first kappa shape index (κ1) is 16.9. The molecule has 7 nitrogen and oxygen atoms in total. The lowest BCUT2D eigenvalue weighted by Gasteiger charge is -2.10. The highest BCUT2D eigenvalue weighted by Gasteiger charge is 2.18. The number of aryl methyl sites for hydroxylation is 1. The number of hydrogen-bond donors (Lipinski definition) is 2. The van der Waals surface area contributed by atoms with Crippen LogP contribution in [0.4, 0.5) is 17.2 Å². The van der Waals surface area contributed by atoms with E-state index in [9.17, 15) is 15.2 Å². The first-order valence-electron chi connectivity index (χ1n) is 8.08. The molecule has 0 saturated carbocycles. The summed E-state index contributed by atoms with van der Waals surface area (Å²) < 4.78 is 0. The Labute approximate surface area is 158 Å². The van der Waals surface area contributed by atoms with E-state index in [-0.39, 0.29) is 17.1 Å². The lowest BCUT2D eigenvalue weighted by Crippen LogP contribution is -1.97. The Kier molecular flexibility index (Phi) is 4.17. The first-order valence-corrected chi connectivity index (χ1v) is 8.90. The van der Waals surface area contributed by atoms with Gasteiger partial charge in [0.25, 0.3) is 5.69 Å². The van der Waals surface area contributed by atoms with Crippen LogP contribution in [-0.4, -0.2) is 20.0 Å². The van der Waals surface area contributed by atoms with Crippen LogP contribution in [0, 0.1) is 17.0 Å². The van der Waals surface area contributed by atoms with Crippen LogP contribution in [0.25, 0.3) is 21.3 Å². The fourth-order valence-corrected chi connectivity index (χ4v) is 3.97. The molecule has 0 spiro atoms. The number of hydrogen-bond acceptors (Lipinski definition) is 7. The van der Waals surface area contributed by atoms with Crippen molar-refractivity contribution in [2.75, 3.05) is 5.32 Å². The molecule has 2 N–H and O–H groups in total. The van der Waals surface area contributed by atoms with Gasteiger partial charge in [-0.05, 0) is 18.6 Å². The van der Waals surface area contributed by atoms with E-state index in [2.05, 4.69) is 15.3 Å². The third-order valence-corrected chi connectivity index (χ3v) is 5.18. The summed E-state index contributed by atoms with van der Waals surface area (Å²) in [5, 5.41) is 25.0. The highest BCUT2D eigenvalue weighted by Crippen LogP contribution is 2.41. The lowest BCUT2D eigenvalue weighted by atomic mass is 10.0. The van der Waals surface area contributed by atoms with E-state index in [4.69, 9.17) is 0 Å². The molecule has 0 unspecified atom stereocenters. The summed E-state index contributed by atoms with van der Waals surface area (Å²) in [5.41, 5.74) is 2.13. The molecule has 0 aliphatic heterocycles. The van der Waals surface area contributed by atoms with Gasteiger partial charge in [-0.1, -0.05) is 30.3 Å². The second kappa shape index (κ2) is 6.65. The SMILES string of the molecule is Cc1sc2ncnc(Nc3cc([N+](=O)[O-])ccc3O)c2c1-c1ccccc1. The number of non-ortho nitro benzene ring substituents is 1. The van der Waals surface area contributed by atoms with Crippen molar-refractivity contribution in [3.8, 4) is 16.9 Å². The molecule has 0 aliphatic carbocycles. The summed E-state index contributed by atoms with van der Waals surface area (Å²) in [6, 6.07) is 13.7. The van der Waals surface area contributed by atoms with Gasteiger partial charge in [0.05, 0.1) is 16.0 Å². The van der Waals surface area contributed by atoms with Crippen LogP contribution in [0.15, 0.2) is 54.9 Å². The molecule has 134 valence electrons. The van der Waals surface area contributed by atoms with Gasteiger partial charge in [-0.15, -0.1) is 11.3 Å². The number of phenols is 1. The van der Waals surface area contributed by atoms with Gasteiger partial charge in [0.1, 0.15) is 22.7 Å². The summed E-state index contributed by atoms with van der Waals surface area (Å²) in [6.07, 6.45) is 1.43. The zero-order valence-electron chi connectivity index (χ0n) is 14.2. The number of nitrogens with zero attached hydrogens (tertiary/aromatic N) is 3. The van der Waals surface area contributed by atoms with Crippen LogP contribution in [0.3, 0.4) is 0 Å². The Balaban J connectivity index is 1.89. The molecule has 2 aromatic carbocycles. The number of rotatable bonds is 4. The molecule has 0 fully saturated rings. The number of anilines is 2. The van der Waals surface area contributed by atoms with Crippen molar-refractivity contribution in [1.29, 1.82) is 0 Å². The van der Waals surface area contributed by atoms with Crippen molar-refractivity contribution in [3.05, 3.63) is 69.8 Å². The predicted molar refractivity (Wildman–Crippen MR) is 106 cm³/mol. The average molecular weight is 378 g/mol. The van der Waals surface area contributed by atoms with Crippen LogP contribution >= 0.6 is 11.3 Å². The molecule has 0 radical (unpaired) electrons. The fraction of sp³-hybridized carbons (Fsp3) is 0.0526. The van der Waals surface area contributed by atoms with Crippen molar-refractivity contribution < 1.29 is 10.0 Å². The third-order valence-electron chi connectivity index (χ3n) is 4.17. The van der Waals surface area contributed by atoms with Crippen LogP contribution in [-0.2, 0) is 0 Å². The Morgan fingerprint density at radius 3 is 2.67 bits per heavy atom. The minimum Gasteiger partial charge on any atom is -0.506 e. The van der Waals surface area contributed by atoms with Crippen LogP contribution < -0.4 is 5.32 Å². The van der Waals surface area contributed by atoms with Crippen LogP contribution in [0.2, 0.25) is 0 Å². The van der Waals surface area contributed by atoms with E-state index in [0.29, 0.717) is 5.82 Å². The van der Waals surface area contributed by atoms with Gasteiger partial charge in [-0.25, -0.2) is 9.97 Å². The van der Waals surface area contributed by atoms with Gasteiger partial charge in [-0.2, -0.15) is 0 Å². The van der Waals surface area contributed by atoms with Crippen LogP contribution in [0.1, 0.15) is 4.88 Å². The molecule has 4 aromatic rings. The van der Waals surface area contributed by atoms with Crippen molar-refractivity contribution in [2.24, 2.45) is 0 Å². The normalized spacial score (nSPS) is 10.9. The standard InChI is InChI=1S/C19H14N4O3S/c1-11-16(12-5-3-2-4-6-12)17-18(20-10-21-19(17)27-11)22-14-9-13(23(25)26)7-8-15(14)24/h2-10,24H,1H3,(H,20,21,22). The number of aromatic hydroxyl groups is 1. The van der Waals surface area contributed by atoms with Gasteiger partial charge in [0.2, 0.25) is 0 Å². The van der Waals surface area contributed by atoms with Crippen LogP contribution in [0.5, 0.6) is 5.75 Å². The van der Waals surface area contributed by atoms with E-state index >= 15 is 0 Å². The van der Waals surface area contributed by atoms with E-state index in [0.717, 1.165) is 26.2 Å². The minimum atomic E-state index is -0.510. The fourth-order valence-electron chi connectivity index (χ4n) is 2.96. The number of aromatic nitrogens is 2. The minimum absolute atomic E-state index is 0.0967. The maximum Gasteiger partial charge on any atom is 0.271 e. The molecule has 2 aromatic heterocycles. The largest absolute Gasteiger partial charge is 0.506 e. The molecule has 0 aliphatic rings. The molecule has 2 heterocycles. The molecule has 0 bridgehead atoms. The summed E-state index contributed by atoms with van der Waals surface area (Å²) in [4.78, 5) is 21.1. The predicted octanol–water partition coefficient (Wildman–Crippen LogP) is 5.02. The first-order chi connectivity index (χ1) is 13.0. The lowest BCUT2D eigenvalue weighted by molar-refractivity contribution is -0.384. The van der Waals surface area contributed by atoms with E-state index < -0.39 is 4.92 Å². The Morgan fingerprint density at radius 2 is 1.93 bits per heavy atom. The van der Waals surface area contributed by atoms with Crippen molar-refractivity contribution >= 4 is 38.7 Å². The van der Waals surface area contributed by atoms with Crippen molar-refractivity contribution in [2.45, 2.75) is 6.92 Å². The molecular formula is C19H14N4O3S. The zero-order chi connectivity index (χ0) is 19.0. The molecule has 8 heteroatoms. The smallest absolute Gasteiger partial charge is 0.271 e. The third kappa shape index (κ3) is 3.06. The number of nitrogens with one attached hydrogen (secondary N) is 1. The van der Waals surface area contributed by atoms with Gasteiger partial charge in [0, 0.05) is 22.6 Å². The zero-order valence-corrected chi connectivity index (χ0v) is 15.0. The van der Waals surface area contributed by atoms with Crippen molar-refractivity contribution in [1.82, 2.24) is 9.97 Å². The molecule has 27 heavy (non-hydrogen) atoms. The summed E-state index contributed by atoms with van der Waals surface area (Å²) in [7, 11) is 0. The van der Waals surface area contributed by atoms with E-state index in [1.54, 1.807) is 11.3 Å². The highest BCUT2D eigenvalue weighted by atomic mass is 32.1. The van der Waals surface area contributed by atoms with Gasteiger partial charge >= 0.3 is 0 Å². The summed E-state index contributed by atoms with van der Waals surface area (Å²) in [5.74, 6) is 0.388. The molecule has 0 saturated heterocycles.